The summed E-state index contributed by atoms with van der Waals surface area (Å²) in [5, 5.41) is 0. The molecule has 0 N–H and O–H groups in total. The minimum atomic E-state index is -3.13. The molecule has 2 heterocycles. The number of rotatable bonds is 7. The standard InChI is InChI=1S/C22H27NO5S/c1-3-27-20-7-5-4-6-18(20)22(24)23(16-10-11-29(25,26)14-16)13-17-8-9-21(28-17)19-12-15(19)2/h4-9,15-16,19H,3,10-14H2,1-2H3. The molecule has 1 saturated heterocycles. The van der Waals surface area contributed by atoms with Crippen LogP contribution in [0.2, 0.25) is 0 Å². The number of furan rings is 1. The maximum Gasteiger partial charge on any atom is 0.258 e. The van der Waals surface area contributed by atoms with Crippen molar-refractivity contribution in [2.24, 2.45) is 5.92 Å². The van der Waals surface area contributed by atoms with Gasteiger partial charge in [-0.25, -0.2) is 8.42 Å². The Morgan fingerprint density at radius 2 is 2.00 bits per heavy atom. The van der Waals surface area contributed by atoms with Crippen molar-refractivity contribution in [3.05, 3.63) is 53.5 Å². The minimum absolute atomic E-state index is 0.0111. The molecule has 2 fully saturated rings. The van der Waals surface area contributed by atoms with E-state index in [2.05, 4.69) is 6.92 Å². The Morgan fingerprint density at radius 1 is 1.24 bits per heavy atom. The summed E-state index contributed by atoms with van der Waals surface area (Å²) in [5.41, 5.74) is 0.446. The minimum Gasteiger partial charge on any atom is -0.493 e. The first-order valence-electron chi connectivity index (χ1n) is 10.2. The lowest BCUT2D eigenvalue weighted by molar-refractivity contribution is 0.0661. The molecule has 2 aliphatic rings. The fraction of sp³-hybridized carbons (Fsp3) is 0.500. The summed E-state index contributed by atoms with van der Waals surface area (Å²) in [7, 11) is -3.13. The van der Waals surface area contributed by atoms with E-state index < -0.39 is 9.84 Å². The molecule has 1 aliphatic carbocycles. The molecule has 3 atom stereocenters. The lowest BCUT2D eigenvalue weighted by atomic mass is 10.1. The zero-order chi connectivity index (χ0) is 20.6. The van der Waals surface area contributed by atoms with Crippen LogP contribution >= 0.6 is 0 Å². The number of nitrogens with zero attached hydrogens (tertiary/aromatic N) is 1. The van der Waals surface area contributed by atoms with E-state index in [0.29, 0.717) is 41.9 Å². The van der Waals surface area contributed by atoms with Crippen molar-refractivity contribution in [3.63, 3.8) is 0 Å². The highest BCUT2D eigenvalue weighted by Gasteiger charge is 2.38. The van der Waals surface area contributed by atoms with Crippen molar-refractivity contribution in [2.45, 2.75) is 45.2 Å². The predicted molar refractivity (Wildman–Crippen MR) is 110 cm³/mol. The van der Waals surface area contributed by atoms with Crippen LogP contribution in [-0.2, 0) is 16.4 Å². The van der Waals surface area contributed by atoms with Crippen molar-refractivity contribution < 1.29 is 22.4 Å². The lowest BCUT2D eigenvalue weighted by Crippen LogP contribution is -2.40. The van der Waals surface area contributed by atoms with E-state index in [1.165, 1.54) is 0 Å². The summed E-state index contributed by atoms with van der Waals surface area (Å²) >= 11 is 0. The number of benzene rings is 1. The van der Waals surface area contributed by atoms with Gasteiger partial charge in [0.25, 0.3) is 5.91 Å². The maximum atomic E-state index is 13.5. The molecule has 1 amide bonds. The molecule has 1 aliphatic heterocycles. The number of hydrogen-bond donors (Lipinski definition) is 0. The Balaban J connectivity index is 1.62. The molecule has 1 aromatic carbocycles. The van der Waals surface area contributed by atoms with Gasteiger partial charge in [-0.05, 0) is 49.9 Å². The molecule has 6 nitrogen and oxygen atoms in total. The van der Waals surface area contributed by atoms with Gasteiger partial charge < -0.3 is 14.1 Å². The number of amides is 1. The molecule has 3 unspecified atom stereocenters. The second-order valence-corrected chi connectivity index (χ2v) is 10.3. The fourth-order valence-corrected chi connectivity index (χ4v) is 5.76. The molecule has 4 rings (SSSR count). The van der Waals surface area contributed by atoms with Gasteiger partial charge in [0.2, 0.25) is 0 Å². The number of carbonyl (C=O) groups is 1. The van der Waals surface area contributed by atoms with E-state index in [-0.39, 0.29) is 30.0 Å². The molecular formula is C22H27NO5S. The van der Waals surface area contributed by atoms with Crippen LogP contribution in [0.1, 0.15) is 54.5 Å². The highest BCUT2D eigenvalue weighted by molar-refractivity contribution is 7.91. The van der Waals surface area contributed by atoms with Crippen LogP contribution in [0.5, 0.6) is 5.75 Å². The molecule has 1 aromatic heterocycles. The topological polar surface area (TPSA) is 76.8 Å². The number of hydrogen-bond acceptors (Lipinski definition) is 5. The average Bonchev–Trinajstić information content (AvgIpc) is 3.08. The number of carbonyl (C=O) groups excluding carboxylic acids is 1. The monoisotopic (exact) mass is 417 g/mol. The second-order valence-electron chi connectivity index (χ2n) is 8.04. The third kappa shape index (κ3) is 4.34. The predicted octanol–water partition coefficient (Wildman–Crippen LogP) is 3.63. The molecule has 0 spiro atoms. The lowest BCUT2D eigenvalue weighted by Gasteiger charge is -2.28. The number of para-hydroxylation sites is 1. The molecule has 7 heteroatoms. The average molecular weight is 418 g/mol. The molecule has 2 aromatic rings. The van der Waals surface area contributed by atoms with Crippen LogP contribution in [-0.4, -0.2) is 43.4 Å². The van der Waals surface area contributed by atoms with E-state index in [4.69, 9.17) is 9.15 Å². The first-order valence-corrected chi connectivity index (χ1v) is 12.0. The van der Waals surface area contributed by atoms with Crippen LogP contribution < -0.4 is 4.74 Å². The van der Waals surface area contributed by atoms with Crippen LogP contribution in [0.3, 0.4) is 0 Å². The van der Waals surface area contributed by atoms with Crippen molar-refractivity contribution in [3.8, 4) is 5.75 Å². The first kappa shape index (κ1) is 20.0. The zero-order valence-corrected chi connectivity index (χ0v) is 17.7. The first-order chi connectivity index (χ1) is 13.9. The largest absolute Gasteiger partial charge is 0.493 e. The Morgan fingerprint density at radius 3 is 2.66 bits per heavy atom. The second kappa shape index (κ2) is 7.86. The Labute approximate surface area is 171 Å². The van der Waals surface area contributed by atoms with Gasteiger partial charge in [-0.15, -0.1) is 0 Å². The summed E-state index contributed by atoms with van der Waals surface area (Å²) in [6, 6.07) is 10.6. The smallest absolute Gasteiger partial charge is 0.258 e. The Kier molecular flexibility index (Phi) is 5.42. The number of ether oxygens (including phenoxy) is 1. The maximum absolute atomic E-state index is 13.5. The third-order valence-corrected chi connectivity index (χ3v) is 7.56. The van der Waals surface area contributed by atoms with Crippen LogP contribution in [0.15, 0.2) is 40.8 Å². The quantitative estimate of drug-likeness (QED) is 0.688. The Hall–Kier alpha value is -2.28. The molecule has 29 heavy (non-hydrogen) atoms. The SMILES string of the molecule is CCOc1ccccc1C(=O)N(Cc1ccc(C2CC2C)o1)C1CCS(=O)(=O)C1. The van der Waals surface area contributed by atoms with Crippen molar-refractivity contribution >= 4 is 15.7 Å². The van der Waals surface area contributed by atoms with Gasteiger partial charge in [-0.3, -0.25) is 4.79 Å². The van der Waals surface area contributed by atoms with Crippen molar-refractivity contribution in [2.75, 3.05) is 18.1 Å². The fourth-order valence-electron chi connectivity index (χ4n) is 4.03. The van der Waals surface area contributed by atoms with E-state index in [9.17, 15) is 13.2 Å². The molecule has 156 valence electrons. The van der Waals surface area contributed by atoms with Gasteiger partial charge in [0, 0.05) is 12.0 Å². The normalized spacial score (nSPS) is 25.0. The highest BCUT2D eigenvalue weighted by Crippen LogP contribution is 2.47. The molecular weight excluding hydrogens is 390 g/mol. The summed E-state index contributed by atoms with van der Waals surface area (Å²) in [6.07, 6.45) is 1.57. The van der Waals surface area contributed by atoms with E-state index in [0.717, 1.165) is 12.2 Å². The molecule has 1 saturated carbocycles. The van der Waals surface area contributed by atoms with Gasteiger partial charge in [-0.2, -0.15) is 0 Å². The van der Waals surface area contributed by atoms with E-state index >= 15 is 0 Å². The van der Waals surface area contributed by atoms with Crippen molar-refractivity contribution in [1.29, 1.82) is 0 Å². The summed E-state index contributed by atoms with van der Waals surface area (Å²) in [5.74, 6) is 3.11. The van der Waals surface area contributed by atoms with Crippen LogP contribution in [0.25, 0.3) is 0 Å². The third-order valence-electron chi connectivity index (χ3n) is 5.81. The van der Waals surface area contributed by atoms with Gasteiger partial charge in [0.15, 0.2) is 9.84 Å². The summed E-state index contributed by atoms with van der Waals surface area (Å²) in [6.45, 7) is 4.76. The molecule has 0 bridgehead atoms. The molecule has 0 radical (unpaired) electrons. The van der Waals surface area contributed by atoms with E-state index in [1.54, 1.807) is 23.1 Å². The van der Waals surface area contributed by atoms with Crippen LogP contribution in [0, 0.1) is 5.92 Å². The van der Waals surface area contributed by atoms with Gasteiger partial charge >= 0.3 is 0 Å². The Bertz CT molecular complexity index is 996. The van der Waals surface area contributed by atoms with Crippen molar-refractivity contribution in [1.82, 2.24) is 4.90 Å². The highest BCUT2D eigenvalue weighted by atomic mass is 32.2. The number of sulfone groups is 1. The zero-order valence-electron chi connectivity index (χ0n) is 16.8. The summed E-state index contributed by atoms with van der Waals surface area (Å²) < 4.78 is 35.8. The summed E-state index contributed by atoms with van der Waals surface area (Å²) in [4.78, 5) is 15.1. The van der Waals surface area contributed by atoms with Gasteiger partial charge in [0.05, 0.1) is 30.2 Å². The van der Waals surface area contributed by atoms with Crippen LogP contribution in [0.4, 0.5) is 0 Å². The van der Waals surface area contributed by atoms with Gasteiger partial charge in [-0.1, -0.05) is 19.1 Å². The van der Waals surface area contributed by atoms with Gasteiger partial charge in [0.1, 0.15) is 17.3 Å². The van der Waals surface area contributed by atoms with E-state index in [1.807, 2.05) is 25.1 Å².